The van der Waals surface area contributed by atoms with Crippen molar-refractivity contribution in [1.29, 1.82) is 0 Å². The SMILES string of the molecule is CC[C@@H]1C[C@H](C(F)(F)F)n2nc(C(=O)N[C@@H](C)c3ccc4c(c3)CCCO4)cc2N1. The van der Waals surface area contributed by atoms with Gasteiger partial charge in [-0.05, 0) is 49.8 Å². The van der Waals surface area contributed by atoms with Crippen LogP contribution in [0.1, 0.15) is 66.8 Å². The van der Waals surface area contributed by atoms with Crippen LogP contribution in [0.15, 0.2) is 24.3 Å². The van der Waals surface area contributed by atoms with Crippen molar-refractivity contribution in [1.82, 2.24) is 15.1 Å². The molecule has 0 fully saturated rings. The van der Waals surface area contributed by atoms with E-state index in [0.717, 1.165) is 34.4 Å². The summed E-state index contributed by atoms with van der Waals surface area (Å²) < 4.78 is 47.0. The topological polar surface area (TPSA) is 68.2 Å². The highest BCUT2D eigenvalue weighted by atomic mass is 19.4. The minimum absolute atomic E-state index is 0.0309. The fraction of sp³-hybridized carbons (Fsp3) is 0.524. The van der Waals surface area contributed by atoms with Gasteiger partial charge in [0.15, 0.2) is 11.7 Å². The predicted molar refractivity (Wildman–Crippen MR) is 106 cm³/mol. The van der Waals surface area contributed by atoms with Gasteiger partial charge in [-0.2, -0.15) is 18.3 Å². The van der Waals surface area contributed by atoms with Gasteiger partial charge in [0.05, 0.1) is 12.6 Å². The number of amides is 1. The fourth-order valence-corrected chi connectivity index (χ4v) is 4.03. The number of alkyl halides is 3. The number of carbonyl (C=O) groups is 1. The van der Waals surface area contributed by atoms with Crippen LogP contribution in [0.4, 0.5) is 19.0 Å². The van der Waals surface area contributed by atoms with Gasteiger partial charge in [-0.1, -0.05) is 19.1 Å². The molecule has 1 aromatic heterocycles. The molecule has 0 saturated heterocycles. The van der Waals surface area contributed by atoms with E-state index in [1.165, 1.54) is 6.07 Å². The molecule has 162 valence electrons. The zero-order valence-electron chi connectivity index (χ0n) is 16.9. The number of benzene rings is 1. The molecular formula is C21H25F3N4O2. The smallest absolute Gasteiger partial charge is 0.410 e. The summed E-state index contributed by atoms with van der Waals surface area (Å²) in [5.74, 6) is 0.577. The second-order valence-electron chi connectivity index (χ2n) is 7.92. The average Bonchev–Trinajstić information content (AvgIpc) is 3.16. The molecule has 0 unspecified atom stereocenters. The molecule has 0 aliphatic carbocycles. The minimum Gasteiger partial charge on any atom is -0.493 e. The van der Waals surface area contributed by atoms with Gasteiger partial charge in [-0.15, -0.1) is 0 Å². The number of hydrogen-bond donors (Lipinski definition) is 2. The summed E-state index contributed by atoms with van der Waals surface area (Å²) in [6.45, 7) is 4.37. The lowest BCUT2D eigenvalue weighted by atomic mass is 10.00. The molecule has 0 bridgehead atoms. The van der Waals surface area contributed by atoms with Crippen LogP contribution in [0.25, 0.3) is 0 Å². The highest BCUT2D eigenvalue weighted by molar-refractivity contribution is 5.93. The van der Waals surface area contributed by atoms with Gasteiger partial charge < -0.3 is 15.4 Å². The van der Waals surface area contributed by atoms with Crippen molar-refractivity contribution in [3.8, 4) is 5.75 Å². The molecule has 30 heavy (non-hydrogen) atoms. The molecular weight excluding hydrogens is 397 g/mol. The largest absolute Gasteiger partial charge is 0.493 e. The number of rotatable bonds is 4. The monoisotopic (exact) mass is 422 g/mol. The van der Waals surface area contributed by atoms with Gasteiger partial charge >= 0.3 is 6.18 Å². The summed E-state index contributed by atoms with van der Waals surface area (Å²) >= 11 is 0. The molecule has 2 N–H and O–H groups in total. The Kier molecular flexibility index (Phi) is 5.38. The molecule has 9 heteroatoms. The Bertz CT molecular complexity index is 941. The van der Waals surface area contributed by atoms with E-state index >= 15 is 0 Å². The number of fused-ring (bicyclic) bond motifs is 2. The molecule has 6 nitrogen and oxygen atoms in total. The van der Waals surface area contributed by atoms with Crippen molar-refractivity contribution in [2.45, 2.75) is 63.8 Å². The van der Waals surface area contributed by atoms with E-state index in [9.17, 15) is 18.0 Å². The lowest BCUT2D eigenvalue weighted by molar-refractivity contribution is -0.173. The molecule has 2 aliphatic rings. The summed E-state index contributed by atoms with van der Waals surface area (Å²) in [7, 11) is 0. The Morgan fingerprint density at radius 2 is 2.20 bits per heavy atom. The molecule has 2 aliphatic heterocycles. The number of aryl methyl sites for hydroxylation is 1. The zero-order valence-corrected chi connectivity index (χ0v) is 16.9. The number of halogens is 3. The second-order valence-corrected chi connectivity index (χ2v) is 7.92. The van der Waals surface area contributed by atoms with E-state index in [1.807, 2.05) is 32.0 Å². The third-order valence-electron chi connectivity index (χ3n) is 5.77. The lowest BCUT2D eigenvalue weighted by Gasteiger charge is -2.32. The first-order valence-corrected chi connectivity index (χ1v) is 10.3. The number of hydrogen-bond acceptors (Lipinski definition) is 4. The second kappa shape index (κ2) is 7.85. The van der Waals surface area contributed by atoms with Crippen molar-refractivity contribution < 1.29 is 22.7 Å². The van der Waals surface area contributed by atoms with Crippen molar-refractivity contribution in [3.63, 3.8) is 0 Å². The molecule has 2 aromatic rings. The minimum atomic E-state index is -4.43. The molecule has 0 radical (unpaired) electrons. The predicted octanol–water partition coefficient (Wildman–Crippen LogP) is 4.40. The Hall–Kier alpha value is -2.71. The van der Waals surface area contributed by atoms with E-state index in [4.69, 9.17) is 4.74 Å². The van der Waals surface area contributed by atoms with Gasteiger partial charge in [-0.3, -0.25) is 4.79 Å². The Morgan fingerprint density at radius 1 is 1.40 bits per heavy atom. The van der Waals surface area contributed by atoms with Crippen LogP contribution in [0.3, 0.4) is 0 Å². The van der Waals surface area contributed by atoms with Crippen molar-refractivity contribution in [2.75, 3.05) is 11.9 Å². The number of anilines is 1. The van der Waals surface area contributed by atoms with Gasteiger partial charge in [0.1, 0.15) is 11.6 Å². The van der Waals surface area contributed by atoms with E-state index in [2.05, 4.69) is 15.7 Å². The first-order valence-electron chi connectivity index (χ1n) is 10.3. The Balaban J connectivity index is 1.52. The third kappa shape index (κ3) is 3.97. The lowest BCUT2D eigenvalue weighted by Crippen LogP contribution is -2.39. The van der Waals surface area contributed by atoms with Gasteiger partial charge in [0.25, 0.3) is 5.91 Å². The summed E-state index contributed by atoms with van der Waals surface area (Å²) in [6, 6.07) is 4.81. The summed E-state index contributed by atoms with van der Waals surface area (Å²) in [5.41, 5.74) is 1.98. The number of nitrogens with one attached hydrogen (secondary N) is 2. The number of nitrogens with zero attached hydrogens (tertiary/aromatic N) is 2. The van der Waals surface area contributed by atoms with Crippen LogP contribution >= 0.6 is 0 Å². The molecule has 0 spiro atoms. The Labute approximate surface area is 172 Å². The molecule has 0 saturated carbocycles. The highest BCUT2D eigenvalue weighted by Gasteiger charge is 2.46. The maximum absolute atomic E-state index is 13.5. The summed E-state index contributed by atoms with van der Waals surface area (Å²) in [6.07, 6.45) is -2.12. The van der Waals surface area contributed by atoms with Gasteiger partial charge in [-0.25, -0.2) is 4.68 Å². The van der Waals surface area contributed by atoms with Crippen LogP contribution in [-0.2, 0) is 6.42 Å². The quantitative estimate of drug-likeness (QED) is 0.767. The molecule has 3 atom stereocenters. The normalized spacial score (nSPS) is 21.6. The maximum atomic E-state index is 13.5. The number of ether oxygens (including phenoxy) is 1. The van der Waals surface area contributed by atoms with Crippen LogP contribution in [0.5, 0.6) is 5.75 Å². The Morgan fingerprint density at radius 3 is 2.93 bits per heavy atom. The first kappa shape index (κ1) is 20.6. The van der Waals surface area contributed by atoms with Crippen molar-refractivity contribution >= 4 is 11.7 Å². The molecule has 1 aromatic carbocycles. The highest BCUT2D eigenvalue weighted by Crippen LogP contribution is 2.40. The standard InChI is InChI=1S/C21H25F3N4O2/c1-3-15-10-18(21(22,23)24)28-19(26-15)11-16(27-28)20(29)25-12(2)13-6-7-17-14(9-13)5-4-8-30-17/h6-7,9,11-12,15,18,26H,3-5,8,10H2,1-2H3,(H,25,29)/t12-,15+,18+/m0/s1. The molecule has 1 amide bonds. The zero-order chi connectivity index (χ0) is 21.5. The first-order chi connectivity index (χ1) is 14.3. The van der Waals surface area contributed by atoms with E-state index in [-0.39, 0.29) is 30.0 Å². The third-order valence-corrected chi connectivity index (χ3v) is 5.77. The van der Waals surface area contributed by atoms with Gasteiger partial charge in [0, 0.05) is 12.1 Å². The van der Waals surface area contributed by atoms with E-state index in [1.54, 1.807) is 0 Å². The van der Waals surface area contributed by atoms with Gasteiger partial charge in [0.2, 0.25) is 0 Å². The van der Waals surface area contributed by atoms with Crippen LogP contribution in [0, 0.1) is 0 Å². The molecule has 3 heterocycles. The molecule has 4 rings (SSSR count). The fourth-order valence-electron chi connectivity index (χ4n) is 4.03. The summed E-state index contributed by atoms with van der Waals surface area (Å²) in [5, 5.41) is 9.88. The average molecular weight is 422 g/mol. The number of aromatic nitrogens is 2. The van der Waals surface area contributed by atoms with Crippen LogP contribution in [-0.4, -0.2) is 34.5 Å². The van der Waals surface area contributed by atoms with E-state index in [0.29, 0.717) is 13.0 Å². The van der Waals surface area contributed by atoms with Crippen molar-refractivity contribution in [2.24, 2.45) is 0 Å². The van der Waals surface area contributed by atoms with E-state index < -0.39 is 18.1 Å². The van der Waals surface area contributed by atoms with Crippen LogP contribution < -0.4 is 15.4 Å². The maximum Gasteiger partial charge on any atom is 0.410 e. The van der Waals surface area contributed by atoms with Crippen molar-refractivity contribution in [3.05, 3.63) is 41.1 Å². The number of carbonyl (C=O) groups excluding carboxylic acids is 1. The summed E-state index contributed by atoms with van der Waals surface area (Å²) in [4.78, 5) is 12.7. The van der Waals surface area contributed by atoms with Crippen LogP contribution in [0.2, 0.25) is 0 Å².